The van der Waals surface area contributed by atoms with Gasteiger partial charge in [0, 0.05) is 23.0 Å². The Morgan fingerprint density at radius 1 is 1.04 bits per heavy atom. The molecule has 4 nitrogen and oxygen atoms in total. The quantitative estimate of drug-likeness (QED) is 0.768. The van der Waals surface area contributed by atoms with Crippen molar-refractivity contribution in [2.24, 2.45) is 0 Å². The Kier molecular flexibility index (Phi) is 3.81. The van der Waals surface area contributed by atoms with Crippen molar-refractivity contribution in [2.45, 2.75) is 12.3 Å². The van der Waals surface area contributed by atoms with Crippen molar-refractivity contribution >= 4 is 29.2 Å². The molecule has 0 spiro atoms. The number of hydrogen-bond acceptors (Lipinski definition) is 3. The van der Waals surface area contributed by atoms with Gasteiger partial charge in [0.05, 0.1) is 11.3 Å². The number of ether oxygens (including phenoxy) is 1. The van der Waals surface area contributed by atoms with Gasteiger partial charge >= 0.3 is 5.97 Å². The lowest BCUT2D eigenvalue weighted by molar-refractivity contribution is -0.136. The number of nitrogens with zero attached hydrogens (tertiary/aromatic N) is 1. The maximum Gasteiger partial charge on any atom is 0.336 e. The third kappa shape index (κ3) is 2.70. The van der Waals surface area contributed by atoms with E-state index in [1.165, 1.54) is 17.0 Å². The highest BCUT2D eigenvalue weighted by molar-refractivity contribution is 6.30. The lowest BCUT2D eigenvalue weighted by atomic mass is 9.84. The summed E-state index contributed by atoms with van der Waals surface area (Å²) in [6.07, 6.45) is 0.113. The predicted octanol–water partition coefficient (Wildman–Crippen LogP) is 3.81. The summed E-state index contributed by atoms with van der Waals surface area (Å²) in [4.78, 5) is 26.6. The first kappa shape index (κ1) is 15.8. The van der Waals surface area contributed by atoms with Crippen LogP contribution in [0.25, 0.3) is 0 Å². The molecule has 4 rings (SSSR count). The van der Waals surface area contributed by atoms with Gasteiger partial charge in [0.2, 0.25) is 5.91 Å². The van der Waals surface area contributed by atoms with Crippen LogP contribution in [0.4, 0.5) is 10.1 Å². The highest BCUT2D eigenvalue weighted by Crippen LogP contribution is 2.41. The van der Waals surface area contributed by atoms with E-state index in [1.54, 1.807) is 36.4 Å². The smallest absolute Gasteiger partial charge is 0.336 e. The molecule has 126 valence electrons. The Balaban J connectivity index is 1.81. The van der Waals surface area contributed by atoms with E-state index in [1.807, 2.05) is 0 Å². The summed E-state index contributed by atoms with van der Waals surface area (Å²) in [7, 11) is 0. The van der Waals surface area contributed by atoms with Gasteiger partial charge in [-0.05, 0) is 42.0 Å². The lowest BCUT2D eigenvalue weighted by Crippen LogP contribution is -2.37. The van der Waals surface area contributed by atoms with E-state index in [9.17, 15) is 14.0 Å². The average molecular weight is 358 g/mol. The van der Waals surface area contributed by atoms with Crippen LogP contribution in [0, 0.1) is 5.82 Å². The molecule has 25 heavy (non-hydrogen) atoms. The molecule has 0 saturated heterocycles. The fraction of sp³-hybridized carbons (Fsp3) is 0.158. The average Bonchev–Trinajstić information content (AvgIpc) is 2.98. The lowest BCUT2D eigenvalue weighted by Gasteiger charge is -2.31. The number of anilines is 1. The molecular formula is C19H13ClFNO3. The maximum atomic E-state index is 13.2. The largest absolute Gasteiger partial charge is 0.456 e. The predicted molar refractivity (Wildman–Crippen MR) is 90.7 cm³/mol. The van der Waals surface area contributed by atoms with Crippen molar-refractivity contribution in [3.63, 3.8) is 0 Å². The first-order valence-electron chi connectivity index (χ1n) is 7.79. The van der Waals surface area contributed by atoms with Crippen LogP contribution in [-0.2, 0) is 14.3 Å². The molecule has 0 saturated carbocycles. The second kappa shape index (κ2) is 6.01. The zero-order valence-electron chi connectivity index (χ0n) is 13.0. The Labute approximate surface area is 148 Å². The minimum atomic E-state index is -0.434. The summed E-state index contributed by atoms with van der Waals surface area (Å²) in [6, 6.07) is 12.7. The second-order valence-electron chi connectivity index (χ2n) is 5.95. The summed E-state index contributed by atoms with van der Waals surface area (Å²) in [6.45, 7) is 0.0419. The molecule has 2 aromatic rings. The van der Waals surface area contributed by atoms with Crippen molar-refractivity contribution in [1.82, 2.24) is 0 Å². The van der Waals surface area contributed by atoms with Crippen LogP contribution in [0.1, 0.15) is 17.9 Å². The van der Waals surface area contributed by atoms with E-state index in [2.05, 4.69) is 0 Å². The second-order valence-corrected chi connectivity index (χ2v) is 6.39. The molecule has 2 aliphatic rings. The number of esters is 1. The Bertz CT molecular complexity index is 890. The first-order chi connectivity index (χ1) is 12.0. The number of amides is 1. The van der Waals surface area contributed by atoms with Gasteiger partial charge in [-0.1, -0.05) is 23.7 Å². The van der Waals surface area contributed by atoms with Crippen LogP contribution in [0.2, 0.25) is 5.02 Å². The van der Waals surface area contributed by atoms with E-state index in [0.29, 0.717) is 22.0 Å². The van der Waals surface area contributed by atoms with Crippen LogP contribution >= 0.6 is 11.6 Å². The summed E-state index contributed by atoms with van der Waals surface area (Å²) >= 11 is 5.91. The van der Waals surface area contributed by atoms with Crippen molar-refractivity contribution in [3.8, 4) is 0 Å². The molecule has 0 bridgehead atoms. The molecule has 1 atom stereocenters. The first-order valence-corrected chi connectivity index (χ1v) is 8.16. The van der Waals surface area contributed by atoms with Gasteiger partial charge in [-0.2, -0.15) is 0 Å². The molecule has 0 aliphatic carbocycles. The number of cyclic esters (lactones) is 1. The third-order valence-corrected chi connectivity index (χ3v) is 4.73. The zero-order valence-corrected chi connectivity index (χ0v) is 13.8. The molecule has 0 aromatic heterocycles. The molecule has 2 aromatic carbocycles. The van der Waals surface area contributed by atoms with Gasteiger partial charge in [-0.3, -0.25) is 9.69 Å². The van der Waals surface area contributed by atoms with Gasteiger partial charge in [-0.25, -0.2) is 9.18 Å². The van der Waals surface area contributed by atoms with Crippen molar-refractivity contribution in [1.29, 1.82) is 0 Å². The Morgan fingerprint density at radius 3 is 2.40 bits per heavy atom. The third-order valence-electron chi connectivity index (χ3n) is 4.47. The standard InChI is InChI=1S/C19H13ClFNO3/c20-12-3-7-14(8-4-12)22-16-10-25-19(24)18(16)15(9-17(22)23)11-1-5-13(21)6-2-11/h1-8,15H,9-10H2/t15-/m0/s1. The molecular weight excluding hydrogens is 345 g/mol. The molecule has 6 heteroatoms. The fourth-order valence-electron chi connectivity index (χ4n) is 3.32. The van der Waals surface area contributed by atoms with Crippen LogP contribution < -0.4 is 4.90 Å². The Hall–Kier alpha value is -2.66. The summed E-state index contributed by atoms with van der Waals surface area (Å²) < 4.78 is 18.4. The normalized spacial score (nSPS) is 19.9. The van der Waals surface area contributed by atoms with Crippen LogP contribution in [0.5, 0.6) is 0 Å². The molecule has 1 amide bonds. The van der Waals surface area contributed by atoms with E-state index < -0.39 is 11.9 Å². The monoisotopic (exact) mass is 357 g/mol. The summed E-state index contributed by atoms with van der Waals surface area (Å²) in [5.41, 5.74) is 2.36. The number of benzene rings is 2. The van der Waals surface area contributed by atoms with Gasteiger partial charge in [-0.15, -0.1) is 0 Å². The van der Waals surface area contributed by atoms with Crippen LogP contribution in [-0.4, -0.2) is 18.5 Å². The minimum Gasteiger partial charge on any atom is -0.456 e. The maximum absolute atomic E-state index is 13.2. The minimum absolute atomic E-state index is 0.0419. The number of carbonyl (C=O) groups is 2. The fourth-order valence-corrected chi connectivity index (χ4v) is 3.45. The number of halogens is 2. The van der Waals surface area contributed by atoms with Crippen molar-refractivity contribution in [3.05, 3.63) is 76.2 Å². The van der Waals surface area contributed by atoms with E-state index in [0.717, 1.165) is 5.56 Å². The van der Waals surface area contributed by atoms with Crippen molar-refractivity contribution in [2.75, 3.05) is 11.5 Å². The highest BCUT2D eigenvalue weighted by atomic mass is 35.5. The van der Waals surface area contributed by atoms with Gasteiger partial charge in [0.15, 0.2) is 0 Å². The summed E-state index contributed by atoms with van der Waals surface area (Å²) in [5.74, 6) is -1.37. The number of rotatable bonds is 2. The molecule has 2 heterocycles. The van der Waals surface area contributed by atoms with E-state index >= 15 is 0 Å². The van der Waals surface area contributed by atoms with Gasteiger partial charge < -0.3 is 4.74 Å². The molecule has 0 N–H and O–H groups in total. The summed E-state index contributed by atoms with van der Waals surface area (Å²) in [5, 5.41) is 0.561. The molecule has 0 fully saturated rings. The zero-order chi connectivity index (χ0) is 17.6. The van der Waals surface area contributed by atoms with Gasteiger partial charge in [0.25, 0.3) is 0 Å². The van der Waals surface area contributed by atoms with Crippen molar-refractivity contribution < 1.29 is 18.7 Å². The highest BCUT2D eigenvalue weighted by Gasteiger charge is 2.42. The van der Waals surface area contributed by atoms with Crippen LogP contribution in [0.3, 0.4) is 0 Å². The molecule has 0 unspecified atom stereocenters. The molecule has 2 aliphatic heterocycles. The SMILES string of the molecule is O=C1OCC2=C1[C@H](c1ccc(F)cc1)CC(=O)N2c1ccc(Cl)cc1. The Morgan fingerprint density at radius 2 is 1.72 bits per heavy atom. The van der Waals surface area contributed by atoms with Gasteiger partial charge in [0.1, 0.15) is 12.4 Å². The molecule has 0 radical (unpaired) electrons. The number of carbonyl (C=O) groups excluding carboxylic acids is 2. The van der Waals surface area contributed by atoms with E-state index in [4.69, 9.17) is 16.3 Å². The van der Waals surface area contributed by atoms with Crippen LogP contribution in [0.15, 0.2) is 59.8 Å². The number of hydrogen-bond donors (Lipinski definition) is 0. The topological polar surface area (TPSA) is 46.6 Å². The van der Waals surface area contributed by atoms with E-state index in [-0.39, 0.29) is 24.8 Å².